The predicted molar refractivity (Wildman–Crippen MR) is 119 cm³/mol. The lowest BCUT2D eigenvalue weighted by molar-refractivity contribution is -0.147. The zero-order chi connectivity index (χ0) is 22.0. The molecule has 3 N–H and O–H groups in total. The van der Waals surface area contributed by atoms with E-state index in [9.17, 15) is 19.5 Å². The second-order valence-electron chi connectivity index (χ2n) is 8.07. The number of hydrogen-bond acceptors (Lipinski definition) is 5. The zero-order valence-corrected chi connectivity index (χ0v) is 18.2. The van der Waals surface area contributed by atoms with Crippen LogP contribution in [0.5, 0.6) is 5.75 Å². The van der Waals surface area contributed by atoms with Crippen molar-refractivity contribution in [3.8, 4) is 5.75 Å². The van der Waals surface area contributed by atoms with Crippen molar-refractivity contribution >= 4 is 39.8 Å². The summed E-state index contributed by atoms with van der Waals surface area (Å²) in [7, 11) is 1.57. The average Bonchev–Trinajstić information content (AvgIpc) is 3.34. The van der Waals surface area contributed by atoms with Crippen molar-refractivity contribution < 1.29 is 24.2 Å². The van der Waals surface area contributed by atoms with E-state index in [4.69, 9.17) is 4.74 Å². The molecule has 1 saturated carbocycles. The summed E-state index contributed by atoms with van der Waals surface area (Å²) in [6.07, 6.45) is 5.39. The van der Waals surface area contributed by atoms with Gasteiger partial charge in [-0.15, -0.1) is 11.3 Å². The van der Waals surface area contributed by atoms with Crippen LogP contribution in [-0.4, -0.2) is 30.0 Å². The van der Waals surface area contributed by atoms with Crippen molar-refractivity contribution in [1.29, 1.82) is 0 Å². The summed E-state index contributed by atoms with van der Waals surface area (Å²) < 4.78 is 5.22. The fourth-order valence-corrected chi connectivity index (χ4v) is 5.86. The van der Waals surface area contributed by atoms with Gasteiger partial charge in [0.2, 0.25) is 5.91 Å². The van der Waals surface area contributed by atoms with E-state index in [0.29, 0.717) is 34.8 Å². The van der Waals surface area contributed by atoms with E-state index in [-0.39, 0.29) is 11.8 Å². The smallest absolute Gasteiger partial charge is 0.307 e. The molecule has 1 aromatic heterocycles. The van der Waals surface area contributed by atoms with Crippen LogP contribution >= 0.6 is 11.3 Å². The monoisotopic (exact) mass is 442 g/mol. The van der Waals surface area contributed by atoms with E-state index < -0.39 is 17.8 Å². The van der Waals surface area contributed by atoms with Crippen LogP contribution in [0.15, 0.2) is 24.3 Å². The SMILES string of the molecule is COc1cccc(NC(=O)c2c(NC(=O)[C@@H]3CCCC[C@@H]3C(=O)O)sc3c2CCC3)c1. The van der Waals surface area contributed by atoms with Crippen LogP contribution in [0.4, 0.5) is 10.7 Å². The Bertz CT molecular complexity index is 1020. The quantitative estimate of drug-likeness (QED) is 0.618. The molecule has 0 bridgehead atoms. The maximum Gasteiger partial charge on any atom is 0.307 e. The van der Waals surface area contributed by atoms with Gasteiger partial charge in [-0.25, -0.2) is 0 Å². The van der Waals surface area contributed by atoms with E-state index in [0.717, 1.165) is 42.5 Å². The van der Waals surface area contributed by atoms with Crippen molar-refractivity contribution in [2.75, 3.05) is 17.7 Å². The maximum atomic E-state index is 13.2. The molecule has 2 aliphatic rings. The third kappa shape index (κ3) is 4.44. The molecule has 0 aliphatic heterocycles. The van der Waals surface area contributed by atoms with Gasteiger partial charge in [0.15, 0.2) is 0 Å². The Morgan fingerprint density at radius 3 is 2.58 bits per heavy atom. The molecule has 4 rings (SSSR count). The van der Waals surface area contributed by atoms with Gasteiger partial charge in [0.05, 0.1) is 24.5 Å². The van der Waals surface area contributed by atoms with Gasteiger partial charge in [0.25, 0.3) is 5.91 Å². The molecule has 2 aliphatic carbocycles. The lowest BCUT2D eigenvalue weighted by Crippen LogP contribution is -2.36. The number of fused-ring (bicyclic) bond motifs is 1. The number of amides is 2. The molecule has 8 heteroatoms. The number of aryl methyl sites for hydroxylation is 1. The highest BCUT2D eigenvalue weighted by Crippen LogP contribution is 2.40. The second kappa shape index (κ2) is 9.09. The van der Waals surface area contributed by atoms with E-state index >= 15 is 0 Å². The molecule has 0 radical (unpaired) electrons. The molecule has 2 atom stereocenters. The minimum Gasteiger partial charge on any atom is -0.497 e. The number of carbonyl (C=O) groups excluding carboxylic acids is 2. The number of ether oxygens (including phenoxy) is 1. The summed E-state index contributed by atoms with van der Waals surface area (Å²) in [5.74, 6) is -2.11. The summed E-state index contributed by atoms with van der Waals surface area (Å²) in [5.41, 5.74) is 2.09. The Balaban J connectivity index is 1.58. The largest absolute Gasteiger partial charge is 0.497 e. The summed E-state index contributed by atoms with van der Waals surface area (Å²) in [5, 5.41) is 15.9. The van der Waals surface area contributed by atoms with Crippen molar-refractivity contribution in [3.05, 3.63) is 40.3 Å². The maximum absolute atomic E-state index is 13.2. The molecular formula is C23H26N2O5S. The highest BCUT2D eigenvalue weighted by atomic mass is 32.1. The van der Waals surface area contributed by atoms with Gasteiger partial charge in [0, 0.05) is 16.6 Å². The molecule has 0 spiro atoms. The Hall–Kier alpha value is -2.87. The van der Waals surface area contributed by atoms with E-state index in [2.05, 4.69) is 10.6 Å². The zero-order valence-electron chi connectivity index (χ0n) is 17.4. The first-order chi connectivity index (χ1) is 15.0. The fraction of sp³-hybridized carbons (Fsp3) is 0.435. The number of carboxylic acids is 1. The van der Waals surface area contributed by atoms with Gasteiger partial charge in [0.1, 0.15) is 10.8 Å². The number of thiophene rings is 1. The molecular weight excluding hydrogens is 416 g/mol. The van der Waals surface area contributed by atoms with Gasteiger partial charge in [-0.2, -0.15) is 0 Å². The molecule has 2 amide bonds. The third-order valence-corrected chi connectivity index (χ3v) is 7.34. The Morgan fingerprint density at radius 1 is 1.06 bits per heavy atom. The lowest BCUT2D eigenvalue weighted by atomic mass is 9.79. The minimum atomic E-state index is -0.926. The molecule has 2 aromatic rings. The first-order valence-electron chi connectivity index (χ1n) is 10.6. The van der Waals surface area contributed by atoms with E-state index in [1.807, 2.05) is 0 Å². The van der Waals surface area contributed by atoms with Crippen molar-refractivity contribution in [1.82, 2.24) is 0 Å². The second-order valence-corrected chi connectivity index (χ2v) is 9.18. The number of methoxy groups -OCH3 is 1. The molecule has 164 valence electrons. The van der Waals surface area contributed by atoms with Crippen LogP contribution in [0.2, 0.25) is 0 Å². The molecule has 0 saturated heterocycles. The van der Waals surface area contributed by atoms with Gasteiger partial charge in [-0.05, 0) is 49.8 Å². The number of anilines is 2. The van der Waals surface area contributed by atoms with Crippen LogP contribution in [0.25, 0.3) is 0 Å². The van der Waals surface area contributed by atoms with Crippen LogP contribution in [0.3, 0.4) is 0 Å². The molecule has 1 fully saturated rings. The minimum absolute atomic E-state index is 0.276. The molecule has 1 aromatic carbocycles. The third-order valence-electron chi connectivity index (χ3n) is 6.13. The van der Waals surface area contributed by atoms with Crippen LogP contribution in [0.1, 0.15) is 52.9 Å². The van der Waals surface area contributed by atoms with Gasteiger partial charge < -0.3 is 20.5 Å². The van der Waals surface area contributed by atoms with Crippen molar-refractivity contribution in [3.63, 3.8) is 0 Å². The molecule has 0 unspecified atom stereocenters. The fourth-order valence-electron chi connectivity index (χ4n) is 4.57. The van der Waals surface area contributed by atoms with Crippen LogP contribution in [0, 0.1) is 11.8 Å². The Labute approximate surface area is 184 Å². The number of aliphatic carboxylic acids is 1. The number of nitrogens with one attached hydrogen (secondary N) is 2. The van der Waals surface area contributed by atoms with E-state index in [1.165, 1.54) is 11.3 Å². The highest BCUT2D eigenvalue weighted by Gasteiger charge is 2.37. The van der Waals surface area contributed by atoms with Crippen molar-refractivity contribution in [2.24, 2.45) is 11.8 Å². The Morgan fingerprint density at radius 2 is 1.84 bits per heavy atom. The first kappa shape index (κ1) is 21.4. The van der Waals surface area contributed by atoms with E-state index in [1.54, 1.807) is 31.4 Å². The van der Waals surface area contributed by atoms with Crippen LogP contribution < -0.4 is 15.4 Å². The number of carbonyl (C=O) groups is 3. The Kier molecular flexibility index (Phi) is 6.27. The van der Waals surface area contributed by atoms with Gasteiger partial charge in [-0.3, -0.25) is 14.4 Å². The summed E-state index contributed by atoms with van der Waals surface area (Å²) in [6, 6.07) is 7.12. The molecule has 7 nitrogen and oxygen atoms in total. The summed E-state index contributed by atoms with van der Waals surface area (Å²) in [6.45, 7) is 0. The standard InChI is InChI=1S/C23H26N2O5S/c1-30-14-7-4-6-13(12-14)24-21(27)19-17-10-5-11-18(17)31-22(19)25-20(26)15-8-2-3-9-16(15)23(28)29/h4,6-7,12,15-16H,2-3,5,8-11H2,1H3,(H,24,27)(H,25,26)(H,28,29)/t15-,16+/m1/s1. The highest BCUT2D eigenvalue weighted by molar-refractivity contribution is 7.17. The van der Waals surface area contributed by atoms with Gasteiger partial charge >= 0.3 is 5.97 Å². The molecule has 1 heterocycles. The normalized spacial score (nSPS) is 20.0. The predicted octanol–water partition coefficient (Wildman–Crippen LogP) is 4.33. The summed E-state index contributed by atoms with van der Waals surface area (Å²) in [4.78, 5) is 38.9. The lowest BCUT2D eigenvalue weighted by Gasteiger charge is -2.27. The molecule has 31 heavy (non-hydrogen) atoms. The first-order valence-corrected chi connectivity index (χ1v) is 11.4. The number of hydrogen-bond donors (Lipinski definition) is 3. The topological polar surface area (TPSA) is 105 Å². The van der Waals surface area contributed by atoms with Crippen molar-refractivity contribution in [2.45, 2.75) is 44.9 Å². The number of benzene rings is 1. The van der Waals surface area contributed by atoms with Crippen LogP contribution in [-0.2, 0) is 22.4 Å². The average molecular weight is 443 g/mol. The van der Waals surface area contributed by atoms with Gasteiger partial charge in [-0.1, -0.05) is 18.9 Å². The number of rotatable bonds is 6. The number of carboxylic acid groups (broad SMARTS) is 1. The summed E-state index contributed by atoms with van der Waals surface area (Å²) >= 11 is 1.43.